The monoisotopic (exact) mass is 1120 g/mol. The molecule has 1 rings (SSSR count). The van der Waals surface area contributed by atoms with Gasteiger partial charge in [-0.1, -0.05) is 0 Å². The molecule has 0 aliphatic carbocycles. The molecule has 0 atom stereocenters. The van der Waals surface area contributed by atoms with Crippen molar-refractivity contribution in [3.05, 3.63) is 33.4 Å². The lowest BCUT2D eigenvalue weighted by molar-refractivity contribution is -0.921. The molecule has 1 aromatic carbocycles. The van der Waals surface area contributed by atoms with E-state index in [1.54, 1.807) is 0 Å². The molecule has 0 heterocycles. The van der Waals surface area contributed by atoms with E-state index in [1.165, 1.54) is 184 Å². The number of carboxylic acid groups (broad SMARTS) is 6. The Labute approximate surface area is 477 Å². The molecular weight excluding hydrogens is 997 g/mol. The Morgan fingerprint density at radius 3 is 0.244 bits per heavy atom. The average molecular weight is 1120 g/mol. The van der Waals surface area contributed by atoms with Crippen LogP contribution in [0.25, 0.3) is 0 Å². The molecule has 0 amide bonds. The fourth-order valence-corrected chi connectivity index (χ4v) is 10.0. The SMILES string of the molecule is CC[N+](CC)(CC)CC.CC[N+](CC)(CC)CC.CC[N+](CC)(CC)CC.CC[N+](CC)(CC)CC.CC[N+](CC)(CC)CC.CC[N+](CC)(CC)CC.O=C([O-])c1c(C(=O)[O-])c(C(=O)[O-])c(C(=O)[O-])c(C(=O)[O-])c1C(=O)[O-]. The van der Waals surface area contributed by atoms with Gasteiger partial charge in [-0.25, -0.2) is 0 Å². The molecule has 1 aromatic rings. The average Bonchev–Trinajstić information content (AvgIpc) is 3.45. The third-order valence-corrected chi connectivity index (χ3v) is 18.8. The first-order valence-corrected chi connectivity index (χ1v) is 30.0. The van der Waals surface area contributed by atoms with E-state index >= 15 is 0 Å². The number of hydrogen-bond acceptors (Lipinski definition) is 12. The largest absolute Gasteiger partial charge is 0.545 e. The Morgan fingerprint density at radius 1 is 0.179 bits per heavy atom. The summed E-state index contributed by atoms with van der Waals surface area (Å²) < 4.78 is 7.67. The second-order valence-electron chi connectivity index (χ2n) is 19.6. The molecule has 0 aliphatic heterocycles. The van der Waals surface area contributed by atoms with Gasteiger partial charge in [0, 0.05) is 33.4 Å². The first-order chi connectivity index (χ1) is 36.4. The Balaban J connectivity index is -0.000000205. The van der Waals surface area contributed by atoms with Crippen LogP contribution in [-0.2, 0) is 0 Å². The van der Waals surface area contributed by atoms with Gasteiger partial charge in [0.1, 0.15) is 0 Å². The molecule has 18 nitrogen and oxygen atoms in total. The van der Waals surface area contributed by atoms with Gasteiger partial charge in [-0.05, 0) is 166 Å². The number of carbonyl (C=O) groups is 6. The second kappa shape index (κ2) is 44.5. The van der Waals surface area contributed by atoms with Gasteiger partial charge < -0.3 is 86.3 Å². The Kier molecular flexibility index (Phi) is 48.6. The first-order valence-electron chi connectivity index (χ1n) is 30.0. The standard InChI is InChI=1S/C12H6O12.6C8H20N/c13-7(14)1-2(8(15)16)4(10(19)20)6(12(23)24)5(11(21)22)3(1)9(17)18;6*1-5-9(6-2,7-3)8-4/h(H,13,14)(H,15,16)(H,17,18)(H,19,20)(H,21,22)(H,23,24);6*5-8H2,1-4H3/q;6*+1/p-6. The van der Waals surface area contributed by atoms with Crippen LogP contribution in [0.4, 0.5) is 0 Å². The molecular formula is C60H120N6O12. The molecule has 0 aromatic heterocycles. The lowest BCUT2D eigenvalue weighted by Crippen LogP contribution is -2.47. The number of benzene rings is 1. The highest BCUT2D eigenvalue weighted by atomic mass is 16.4. The molecule has 0 spiro atoms. The van der Waals surface area contributed by atoms with Gasteiger partial charge in [-0.3, -0.25) is 0 Å². The van der Waals surface area contributed by atoms with Crippen LogP contribution in [0.1, 0.15) is 228 Å². The van der Waals surface area contributed by atoms with Crippen molar-refractivity contribution in [1.82, 2.24) is 0 Å². The summed E-state index contributed by atoms with van der Waals surface area (Å²) in [5.74, 6) is -16.0. The van der Waals surface area contributed by atoms with Crippen LogP contribution >= 0.6 is 0 Å². The van der Waals surface area contributed by atoms with Crippen LogP contribution < -0.4 is 30.6 Å². The minimum absolute atomic E-state index is 1.28. The zero-order valence-electron chi connectivity index (χ0n) is 54.6. The Bertz CT molecular complexity index is 1360. The first kappa shape index (κ1) is 85.1. The van der Waals surface area contributed by atoms with Crippen LogP contribution in [0.2, 0.25) is 0 Å². The minimum Gasteiger partial charge on any atom is -0.545 e. The number of hydrogen-bond donors (Lipinski definition) is 0. The van der Waals surface area contributed by atoms with Gasteiger partial charge in [0.2, 0.25) is 0 Å². The van der Waals surface area contributed by atoms with E-state index in [9.17, 15) is 59.4 Å². The van der Waals surface area contributed by atoms with Crippen molar-refractivity contribution in [2.75, 3.05) is 157 Å². The highest BCUT2D eigenvalue weighted by Crippen LogP contribution is 2.28. The van der Waals surface area contributed by atoms with Crippen molar-refractivity contribution in [2.24, 2.45) is 0 Å². The van der Waals surface area contributed by atoms with E-state index in [4.69, 9.17) is 0 Å². The smallest absolute Gasteiger partial charge is 0.0757 e. The number of nitrogens with zero attached hydrogens (tertiary/aromatic N) is 6. The third-order valence-electron chi connectivity index (χ3n) is 18.8. The van der Waals surface area contributed by atoms with Crippen LogP contribution in [0.5, 0.6) is 0 Å². The van der Waals surface area contributed by atoms with Crippen molar-refractivity contribution in [3.8, 4) is 0 Å². The van der Waals surface area contributed by atoms with Gasteiger partial charge in [-0.15, -0.1) is 0 Å². The number of carboxylic acids is 6. The lowest BCUT2D eigenvalue weighted by Gasteiger charge is -2.34. The molecule has 0 fully saturated rings. The van der Waals surface area contributed by atoms with Crippen LogP contribution in [0, 0.1) is 0 Å². The van der Waals surface area contributed by atoms with Crippen molar-refractivity contribution in [1.29, 1.82) is 0 Å². The van der Waals surface area contributed by atoms with Crippen molar-refractivity contribution in [2.45, 2.75) is 166 Å². The minimum atomic E-state index is -2.66. The van der Waals surface area contributed by atoms with E-state index < -0.39 is 69.2 Å². The third kappa shape index (κ3) is 26.8. The molecule has 0 N–H and O–H groups in total. The number of carbonyl (C=O) groups excluding carboxylic acids is 6. The Hall–Kier alpha value is -4.20. The summed E-state index contributed by atoms with van der Waals surface area (Å²) in [5, 5.41) is 66.0. The summed E-state index contributed by atoms with van der Waals surface area (Å²) in [6, 6.07) is 0. The van der Waals surface area contributed by atoms with Gasteiger partial charge >= 0.3 is 0 Å². The molecule has 0 unspecified atom stereocenters. The summed E-state index contributed by atoms with van der Waals surface area (Å²) in [6.07, 6.45) is 0. The van der Waals surface area contributed by atoms with E-state index in [0.29, 0.717) is 0 Å². The summed E-state index contributed by atoms with van der Waals surface area (Å²) in [4.78, 5) is 66.0. The molecule has 0 bridgehead atoms. The van der Waals surface area contributed by atoms with Crippen LogP contribution in [-0.4, -0.2) is 220 Å². The quantitative estimate of drug-likeness (QED) is 0.101. The molecule has 462 valence electrons. The fraction of sp³-hybridized carbons (Fsp3) is 0.800. The van der Waals surface area contributed by atoms with Gasteiger partial charge in [0.25, 0.3) is 0 Å². The molecule has 0 radical (unpaired) electrons. The Morgan fingerprint density at radius 2 is 0.231 bits per heavy atom. The van der Waals surface area contributed by atoms with Crippen LogP contribution in [0.15, 0.2) is 0 Å². The predicted octanol–water partition coefficient (Wildman–Crippen LogP) is 3.16. The molecule has 0 aliphatic rings. The normalized spacial score (nSPS) is 11.4. The number of aromatic carboxylic acids is 6. The summed E-state index contributed by atoms with van der Waals surface area (Å²) >= 11 is 0. The number of rotatable bonds is 30. The van der Waals surface area contributed by atoms with Gasteiger partial charge in [0.05, 0.1) is 193 Å². The maximum atomic E-state index is 11.0. The van der Waals surface area contributed by atoms with Crippen molar-refractivity contribution >= 4 is 35.8 Å². The molecule has 0 saturated heterocycles. The summed E-state index contributed by atoms with van der Waals surface area (Å²) in [7, 11) is 0. The lowest BCUT2D eigenvalue weighted by atomic mass is 9.86. The maximum Gasteiger partial charge on any atom is 0.0757 e. The zero-order chi connectivity index (χ0) is 62.9. The summed E-state index contributed by atoms with van der Waals surface area (Å²) in [6.45, 7) is 85.3. The molecule has 0 saturated carbocycles. The van der Waals surface area contributed by atoms with E-state index in [-0.39, 0.29) is 0 Å². The van der Waals surface area contributed by atoms with Crippen molar-refractivity contribution < 1.29 is 86.3 Å². The topological polar surface area (TPSA) is 241 Å². The second-order valence-corrected chi connectivity index (χ2v) is 19.6. The van der Waals surface area contributed by atoms with E-state index in [1.807, 2.05) is 0 Å². The van der Waals surface area contributed by atoms with E-state index in [2.05, 4.69) is 166 Å². The zero-order valence-corrected chi connectivity index (χ0v) is 54.6. The molecule has 78 heavy (non-hydrogen) atoms. The highest BCUT2D eigenvalue weighted by molar-refractivity contribution is 6.21. The maximum absolute atomic E-state index is 11.0. The highest BCUT2D eigenvalue weighted by Gasteiger charge is 2.28. The van der Waals surface area contributed by atoms with Gasteiger partial charge in [0.15, 0.2) is 0 Å². The fourth-order valence-electron chi connectivity index (χ4n) is 10.0. The van der Waals surface area contributed by atoms with Gasteiger partial charge in [-0.2, -0.15) is 0 Å². The van der Waals surface area contributed by atoms with Crippen molar-refractivity contribution in [3.63, 3.8) is 0 Å². The van der Waals surface area contributed by atoms with E-state index in [0.717, 1.165) is 0 Å². The molecule has 18 heteroatoms. The summed E-state index contributed by atoms with van der Waals surface area (Å²) in [5.41, 5.74) is -12.0. The number of quaternary nitrogens is 6. The predicted molar refractivity (Wildman–Crippen MR) is 307 cm³/mol. The van der Waals surface area contributed by atoms with Crippen LogP contribution in [0.3, 0.4) is 0 Å².